The third-order valence-electron chi connectivity index (χ3n) is 3.46. The Morgan fingerprint density at radius 1 is 1.33 bits per heavy atom. The van der Waals surface area contributed by atoms with Gasteiger partial charge in [0.25, 0.3) is 5.69 Å². The largest absolute Gasteiger partial charge is 0.325 e. The van der Waals surface area contributed by atoms with Crippen LogP contribution in [0, 0.1) is 21.4 Å². The number of hydrogen-bond acceptors (Lipinski definition) is 6. The van der Waals surface area contributed by atoms with Crippen molar-refractivity contribution in [3.05, 3.63) is 64.5 Å². The minimum atomic E-state index is -0.494. The maximum atomic E-state index is 10.8. The number of rotatable bonds is 4. The SMILES string of the molecule is Cn1c(/C(C#N)=N\Nc2cccc([N+](=O)[O-])c2)nc2ccccc21. The molecule has 8 nitrogen and oxygen atoms in total. The first-order chi connectivity index (χ1) is 11.6. The van der Waals surface area contributed by atoms with E-state index >= 15 is 0 Å². The van der Waals surface area contributed by atoms with Crippen molar-refractivity contribution in [1.82, 2.24) is 9.55 Å². The number of non-ortho nitro benzene ring substituents is 1. The van der Waals surface area contributed by atoms with Crippen LogP contribution >= 0.6 is 0 Å². The highest BCUT2D eigenvalue weighted by molar-refractivity contribution is 6.11. The van der Waals surface area contributed by atoms with Gasteiger partial charge in [-0.25, -0.2) is 4.98 Å². The number of nitro benzene ring substituents is 1. The number of hydrogen-bond donors (Lipinski definition) is 1. The molecule has 1 N–H and O–H groups in total. The predicted octanol–water partition coefficient (Wildman–Crippen LogP) is 2.82. The summed E-state index contributed by atoms with van der Waals surface area (Å²) >= 11 is 0. The van der Waals surface area contributed by atoms with Gasteiger partial charge >= 0.3 is 0 Å². The fourth-order valence-corrected chi connectivity index (χ4v) is 2.29. The van der Waals surface area contributed by atoms with Gasteiger partial charge in [-0.15, -0.1) is 0 Å². The number of aryl methyl sites for hydroxylation is 1. The molecule has 24 heavy (non-hydrogen) atoms. The van der Waals surface area contributed by atoms with Crippen molar-refractivity contribution in [2.45, 2.75) is 0 Å². The van der Waals surface area contributed by atoms with E-state index in [-0.39, 0.29) is 11.4 Å². The fraction of sp³-hybridized carbons (Fsp3) is 0.0625. The van der Waals surface area contributed by atoms with E-state index < -0.39 is 4.92 Å². The lowest BCUT2D eigenvalue weighted by molar-refractivity contribution is -0.384. The molecule has 0 fully saturated rings. The summed E-state index contributed by atoms with van der Waals surface area (Å²) in [6, 6.07) is 15.4. The van der Waals surface area contributed by atoms with Gasteiger partial charge in [0.15, 0.2) is 5.82 Å². The van der Waals surface area contributed by atoms with Crippen molar-refractivity contribution in [3.63, 3.8) is 0 Å². The van der Waals surface area contributed by atoms with Crippen molar-refractivity contribution >= 4 is 28.1 Å². The third-order valence-corrected chi connectivity index (χ3v) is 3.46. The zero-order valence-electron chi connectivity index (χ0n) is 12.7. The number of nitriles is 1. The lowest BCUT2D eigenvalue weighted by Gasteiger charge is -2.02. The standard InChI is InChI=1S/C16H12N6O2/c1-21-15-8-3-2-7-13(15)18-16(21)14(10-17)20-19-11-5-4-6-12(9-11)22(23)24/h2-9,19H,1H3/b20-14-. The highest BCUT2D eigenvalue weighted by atomic mass is 16.6. The van der Waals surface area contributed by atoms with E-state index in [1.54, 1.807) is 17.7 Å². The molecule has 0 radical (unpaired) electrons. The van der Waals surface area contributed by atoms with Gasteiger partial charge in [0.05, 0.1) is 21.6 Å². The van der Waals surface area contributed by atoms with Crippen LogP contribution in [0.15, 0.2) is 53.6 Å². The summed E-state index contributed by atoms with van der Waals surface area (Å²) in [6.07, 6.45) is 0. The molecule has 0 aliphatic rings. The average molecular weight is 320 g/mol. The van der Waals surface area contributed by atoms with E-state index in [0.29, 0.717) is 11.5 Å². The van der Waals surface area contributed by atoms with Crippen LogP contribution in [-0.2, 0) is 7.05 Å². The molecule has 0 spiro atoms. The van der Waals surface area contributed by atoms with Crippen LogP contribution < -0.4 is 5.43 Å². The first kappa shape index (κ1) is 15.2. The normalized spacial score (nSPS) is 11.2. The highest BCUT2D eigenvalue weighted by Crippen LogP contribution is 2.18. The molecule has 118 valence electrons. The lowest BCUT2D eigenvalue weighted by Crippen LogP contribution is -2.09. The minimum absolute atomic E-state index is 0.0589. The number of fused-ring (bicyclic) bond motifs is 1. The number of hydrazone groups is 1. The summed E-state index contributed by atoms with van der Waals surface area (Å²) in [5.74, 6) is 0.414. The van der Waals surface area contributed by atoms with Gasteiger partial charge in [-0.3, -0.25) is 15.5 Å². The summed E-state index contributed by atoms with van der Waals surface area (Å²) in [5, 5.41) is 24.2. The molecule has 0 saturated heterocycles. The molecule has 1 heterocycles. The molecule has 0 aliphatic carbocycles. The van der Waals surface area contributed by atoms with Crippen molar-refractivity contribution in [1.29, 1.82) is 5.26 Å². The summed E-state index contributed by atoms with van der Waals surface area (Å²) in [6.45, 7) is 0. The smallest absolute Gasteiger partial charge is 0.271 e. The number of anilines is 1. The van der Waals surface area contributed by atoms with Gasteiger partial charge in [0.2, 0.25) is 5.71 Å². The molecule has 0 amide bonds. The van der Waals surface area contributed by atoms with Crippen molar-refractivity contribution < 1.29 is 4.92 Å². The second-order valence-electron chi connectivity index (χ2n) is 4.97. The summed E-state index contributed by atoms with van der Waals surface area (Å²) in [4.78, 5) is 14.7. The van der Waals surface area contributed by atoms with E-state index in [9.17, 15) is 15.4 Å². The number of nitrogens with zero attached hydrogens (tertiary/aromatic N) is 5. The number of imidazole rings is 1. The van der Waals surface area contributed by atoms with Crippen molar-refractivity contribution in [3.8, 4) is 6.07 Å². The Labute approximate surface area is 136 Å². The molecule has 3 aromatic rings. The minimum Gasteiger partial charge on any atom is -0.325 e. The predicted molar refractivity (Wildman–Crippen MR) is 89.6 cm³/mol. The molecular weight excluding hydrogens is 308 g/mol. The second-order valence-corrected chi connectivity index (χ2v) is 4.97. The molecule has 3 rings (SSSR count). The van der Waals surface area contributed by atoms with E-state index in [1.165, 1.54) is 18.2 Å². The zero-order chi connectivity index (χ0) is 17.1. The molecule has 0 unspecified atom stereocenters. The van der Waals surface area contributed by atoms with Crippen LogP contribution in [0.5, 0.6) is 0 Å². The Kier molecular flexibility index (Phi) is 3.91. The molecule has 1 aromatic heterocycles. The number of para-hydroxylation sites is 2. The maximum absolute atomic E-state index is 10.8. The Morgan fingerprint density at radius 3 is 2.83 bits per heavy atom. The number of nitrogens with one attached hydrogen (secondary N) is 1. The zero-order valence-corrected chi connectivity index (χ0v) is 12.7. The molecule has 2 aromatic carbocycles. The van der Waals surface area contributed by atoms with E-state index in [4.69, 9.17) is 0 Å². The van der Waals surface area contributed by atoms with Crippen LogP contribution in [0.4, 0.5) is 11.4 Å². The summed E-state index contributed by atoms with van der Waals surface area (Å²) < 4.78 is 1.77. The van der Waals surface area contributed by atoms with Crippen molar-refractivity contribution in [2.24, 2.45) is 12.1 Å². The Bertz CT molecular complexity index is 999. The van der Waals surface area contributed by atoms with Gasteiger partial charge in [-0.2, -0.15) is 10.4 Å². The Balaban J connectivity index is 1.95. The van der Waals surface area contributed by atoms with Crippen LogP contribution in [0.2, 0.25) is 0 Å². The molecular formula is C16H12N6O2. The number of aromatic nitrogens is 2. The quantitative estimate of drug-likeness (QED) is 0.451. The lowest BCUT2D eigenvalue weighted by atomic mass is 10.3. The van der Waals surface area contributed by atoms with Crippen LogP contribution in [-0.4, -0.2) is 20.2 Å². The first-order valence-electron chi connectivity index (χ1n) is 7.00. The van der Waals surface area contributed by atoms with Gasteiger partial charge < -0.3 is 4.57 Å². The van der Waals surface area contributed by atoms with Gasteiger partial charge in [0, 0.05) is 19.2 Å². The van der Waals surface area contributed by atoms with Crippen molar-refractivity contribution in [2.75, 3.05) is 5.43 Å². The fourth-order valence-electron chi connectivity index (χ4n) is 2.29. The highest BCUT2D eigenvalue weighted by Gasteiger charge is 2.13. The Morgan fingerprint density at radius 2 is 2.12 bits per heavy atom. The topological polar surface area (TPSA) is 109 Å². The first-order valence-corrected chi connectivity index (χ1v) is 7.00. The van der Waals surface area contributed by atoms with Crippen LogP contribution in [0.25, 0.3) is 11.0 Å². The van der Waals surface area contributed by atoms with E-state index in [2.05, 4.69) is 15.5 Å². The molecule has 0 atom stereocenters. The molecule has 0 bridgehead atoms. The van der Waals surface area contributed by atoms with Crippen LogP contribution in [0.3, 0.4) is 0 Å². The molecule has 8 heteroatoms. The second kappa shape index (κ2) is 6.18. The van der Waals surface area contributed by atoms with E-state index in [0.717, 1.165) is 11.0 Å². The average Bonchev–Trinajstić information content (AvgIpc) is 2.93. The summed E-state index contributed by atoms with van der Waals surface area (Å²) in [7, 11) is 1.80. The van der Waals surface area contributed by atoms with Gasteiger partial charge in [-0.1, -0.05) is 18.2 Å². The van der Waals surface area contributed by atoms with Crippen LogP contribution in [0.1, 0.15) is 5.82 Å². The maximum Gasteiger partial charge on any atom is 0.271 e. The van der Waals surface area contributed by atoms with Gasteiger partial charge in [0.1, 0.15) is 6.07 Å². The Hall–Kier alpha value is -3.73. The summed E-state index contributed by atoms with van der Waals surface area (Å²) in [5.41, 5.74) is 4.74. The monoisotopic (exact) mass is 320 g/mol. The molecule has 0 aliphatic heterocycles. The number of benzene rings is 2. The third kappa shape index (κ3) is 2.78. The number of nitro groups is 1. The van der Waals surface area contributed by atoms with E-state index in [1.807, 2.05) is 30.3 Å². The molecule has 0 saturated carbocycles. The van der Waals surface area contributed by atoms with Gasteiger partial charge in [-0.05, 0) is 18.2 Å².